The second-order valence-corrected chi connectivity index (χ2v) is 9.00. The monoisotopic (exact) mass is 383 g/mol. The zero-order valence-electron chi connectivity index (χ0n) is 10.7. The largest absolute Gasteiger partial charge is 0.304 e. The Labute approximate surface area is 139 Å². The number of nitrogens with one attached hydrogen (secondary N) is 1. The Hall–Kier alpha value is -0.460. The molecule has 3 aromatic heterocycles. The Morgan fingerprint density at radius 1 is 1.00 bits per heavy atom. The highest BCUT2D eigenvalue weighted by Gasteiger charge is 2.14. The summed E-state index contributed by atoms with van der Waals surface area (Å²) in [4.78, 5) is 4.21. The van der Waals surface area contributed by atoms with Gasteiger partial charge in [0, 0.05) is 33.6 Å². The summed E-state index contributed by atoms with van der Waals surface area (Å²) in [7, 11) is 0. The predicted molar refractivity (Wildman–Crippen MR) is 93.9 cm³/mol. The van der Waals surface area contributed by atoms with Gasteiger partial charge in [-0.3, -0.25) is 0 Å². The molecule has 0 bridgehead atoms. The normalized spacial score (nSPS) is 12.7. The van der Waals surface area contributed by atoms with Gasteiger partial charge in [0.2, 0.25) is 0 Å². The molecule has 0 aliphatic carbocycles. The van der Waals surface area contributed by atoms with E-state index < -0.39 is 0 Å². The van der Waals surface area contributed by atoms with Crippen molar-refractivity contribution in [1.82, 2.24) is 5.32 Å². The molecule has 0 saturated heterocycles. The molecule has 0 radical (unpaired) electrons. The highest BCUT2D eigenvalue weighted by atomic mass is 79.9. The van der Waals surface area contributed by atoms with Crippen molar-refractivity contribution in [2.75, 3.05) is 0 Å². The molecule has 0 fully saturated rings. The molecule has 1 nitrogen and oxygen atoms in total. The highest BCUT2D eigenvalue weighted by Crippen LogP contribution is 2.27. The van der Waals surface area contributed by atoms with Crippen LogP contribution in [0.15, 0.2) is 50.9 Å². The quantitative estimate of drug-likeness (QED) is 0.574. The van der Waals surface area contributed by atoms with Gasteiger partial charge < -0.3 is 5.32 Å². The molecule has 0 amide bonds. The number of thiophene rings is 3. The van der Waals surface area contributed by atoms with Crippen molar-refractivity contribution in [3.8, 4) is 0 Å². The zero-order chi connectivity index (χ0) is 13.8. The van der Waals surface area contributed by atoms with Crippen LogP contribution < -0.4 is 5.32 Å². The molecule has 1 unspecified atom stereocenters. The first-order valence-electron chi connectivity index (χ1n) is 6.34. The summed E-state index contributed by atoms with van der Waals surface area (Å²) in [5.74, 6) is 0. The lowest BCUT2D eigenvalue weighted by molar-refractivity contribution is 0.545. The van der Waals surface area contributed by atoms with Gasteiger partial charge in [0.1, 0.15) is 0 Å². The molecule has 0 saturated carbocycles. The minimum Gasteiger partial charge on any atom is -0.304 e. The standard InChI is InChI=1S/C15H14BrNS3/c16-15-6-5-12(20-15)10-17-13(14-4-2-8-19-14)9-11-3-1-7-18-11/h1-8,13,17H,9-10H2. The summed E-state index contributed by atoms with van der Waals surface area (Å²) in [6.45, 7) is 0.921. The van der Waals surface area contributed by atoms with Crippen LogP contribution in [-0.2, 0) is 13.0 Å². The van der Waals surface area contributed by atoms with E-state index in [1.807, 2.05) is 22.7 Å². The molecule has 104 valence electrons. The Bertz CT molecular complexity index is 628. The lowest BCUT2D eigenvalue weighted by Crippen LogP contribution is -2.21. The first-order valence-corrected chi connectivity index (χ1v) is 9.71. The van der Waals surface area contributed by atoms with Gasteiger partial charge in [-0.05, 0) is 51.0 Å². The molecular formula is C15H14BrNS3. The van der Waals surface area contributed by atoms with Crippen LogP contribution in [0.1, 0.15) is 20.7 Å². The summed E-state index contributed by atoms with van der Waals surface area (Å²) in [5.41, 5.74) is 0. The molecule has 1 atom stereocenters. The first-order chi connectivity index (χ1) is 9.81. The van der Waals surface area contributed by atoms with Crippen molar-refractivity contribution < 1.29 is 0 Å². The molecule has 0 aliphatic heterocycles. The second-order valence-electron chi connectivity index (χ2n) is 4.44. The van der Waals surface area contributed by atoms with Crippen LogP contribution in [0.4, 0.5) is 0 Å². The van der Waals surface area contributed by atoms with E-state index in [1.54, 1.807) is 11.3 Å². The van der Waals surface area contributed by atoms with Crippen LogP contribution in [0.25, 0.3) is 0 Å². The van der Waals surface area contributed by atoms with E-state index in [4.69, 9.17) is 0 Å². The maximum Gasteiger partial charge on any atom is 0.0701 e. The van der Waals surface area contributed by atoms with Crippen LogP contribution in [-0.4, -0.2) is 0 Å². The van der Waals surface area contributed by atoms with E-state index >= 15 is 0 Å². The number of halogens is 1. The van der Waals surface area contributed by atoms with Gasteiger partial charge in [-0.15, -0.1) is 34.0 Å². The smallest absolute Gasteiger partial charge is 0.0701 e. The minimum atomic E-state index is 0.398. The third kappa shape index (κ3) is 3.80. The Morgan fingerprint density at radius 3 is 2.50 bits per heavy atom. The average Bonchev–Trinajstić information content (AvgIpc) is 3.17. The molecule has 1 N–H and O–H groups in total. The summed E-state index contributed by atoms with van der Waals surface area (Å²) in [6, 6.07) is 13.4. The van der Waals surface area contributed by atoms with E-state index in [0.29, 0.717) is 6.04 Å². The van der Waals surface area contributed by atoms with E-state index in [9.17, 15) is 0 Å². The first kappa shape index (κ1) is 14.5. The molecule has 20 heavy (non-hydrogen) atoms. The summed E-state index contributed by atoms with van der Waals surface area (Å²) < 4.78 is 1.19. The van der Waals surface area contributed by atoms with Crippen LogP contribution in [0.3, 0.4) is 0 Å². The summed E-state index contributed by atoms with van der Waals surface area (Å²) >= 11 is 8.98. The third-order valence-corrected chi connectivity index (χ3v) is 6.53. The van der Waals surface area contributed by atoms with Crippen LogP contribution >= 0.6 is 49.9 Å². The van der Waals surface area contributed by atoms with E-state index in [-0.39, 0.29) is 0 Å². The average molecular weight is 384 g/mol. The van der Waals surface area contributed by atoms with Crippen LogP contribution in [0.5, 0.6) is 0 Å². The topological polar surface area (TPSA) is 12.0 Å². The van der Waals surface area contributed by atoms with Gasteiger partial charge in [0.15, 0.2) is 0 Å². The van der Waals surface area contributed by atoms with Gasteiger partial charge in [-0.25, -0.2) is 0 Å². The van der Waals surface area contributed by atoms with Gasteiger partial charge in [0.25, 0.3) is 0 Å². The zero-order valence-corrected chi connectivity index (χ0v) is 14.7. The molecule has 3 aromatic rings. The maximum atomic E-state index is 3.70. The van der Waals surface area contributed by atoms with Crippen LogP contribution in [0, 0.1) is 0 Å². The van der Waals surface area contributed by atoms with Crippen molar-refractivity contribution in [2.24, 2.45) is 0 Å². The predicted octanol–water partition coefficient (Wildman–Crippen LogP) is 5.71. The van der Waals surface area contributed by atoms with E-state index in [1.165, 1.54) is 18.4 Å². The second kappa shape index (κ2) is 7.00. The molecule has 0 aromatic carbocycles. The Kier molecular flexibility index (Phi) is 5.07. The molecule has 0 aliphatic rings. The maximum absolute atomic E-state index is 3.70. The molecule has 3 heterocycles. The van der Waals surface area contributed by atoms with Crippen molar-refractivity contribution in [3.05, 3.63) is 65.6 Å². The minimum absolute atomic E-state index is 0.398. The lowest BCUT2D eigenvalue weighted by atomic mass is 10.1. The number of hydrogen-bond acceptors (Lipinski definition) is 4. The highest BCUT2D eigenvalue weighted by molar-refractivity contribution is 9.11. The van der Waals surface area contributed by atoms with Crippen LogP contribution in [0.2, 0.25) is 0 Å². The van der Waals surface area contributed by atoms with Crippen molar-refractivity contribution in [3.63, 3.8) is 0 Å². The molecule has 5 heteroatoms. The fourth-order valence-electron chi connectivity index (χ4n) is 2.06. The van der Waals surface area contributed by atoms with Crippen molar-refractivity contribution in [1.29, 1.82) is 0 Å². The summed E-state index contributed by atoms with van der Waals surface area (Å²) in [6.07, 6.45) is 1.06. The Balaban J connectivity index is 1.69. The van der Waals surface area contributed by atoms with Crippen molar-refractivity contribution >= 4 is 49.9 Å². The number of hydrogen-bond donors (Lipinski definition) is 1. The number of rotatable bonds is 6. The van der Waals surface area contributed by atoms with E-state index in [0.717, 1.165) is 13.0 Å². The van der Waals surface area contributed by atoms with Gasteiger partial charge in [-0.1, -0.05) is 12.1 Å². The van der Waals surface area contributed by atoms with E-state index in [2.05, 4.69) is 68.4 Å². The SMILES string of the molecule is Brc1ccc(CNC(Cc2cccs2)c2cccs2)s1. The van der Waals surface area contributed by atoms with Crippen molar-refractivity contribution in [2.45, 2.75) is 19.0 Å². The third-order valence-electron chi connectivity index (χ3n) is 3.02. The molecular weight excluding hydrogens is 370 g/mol. The van der Waals surface area contributed by atoms with Gasteiger partial charge in [-0.2, -0.15) is 0 Å². The Morgan fingerprint density at radius 2 is 1.85 bits per heavy atom. The van der Waals surface area contributed by atoms with Gasteiger partial charge in [0.05, 0.1) is 3.79 Å². The fraction of sp³-hybridized carbons (Fsp3) is 0.200. The molecule has 0 spiro atoms. The summed E-state index contributed by atoms with van der Waals surface area (Å²) in [5, 5.41) is 8.00. The lowest BCUT2D eigenvalue weighted by Gasteiger charge is -2.16. The molecule has 3 rings (SSSR count). The van der Waals surface area contributed by atoms with Gasteiger partial charge >= 0.3 is 0 Å². The fourth-order valence-corrected chi connectivity index (χ4v) is 5.05.